The number of hydrogen-bond acceptors (Lipinski definition) is 3. The second-order valence-corrected chi connectivity index (χ2v) is 2.96. The molecule has 0 heterocycles. The maximum atomic E-state index is 10.6. The van der Waals surface area contributed by atoms with Crippen LogP contribution in [0.2, 0.25) is 0 Å². The molecule has 0 aromatic heterocycles. The number of aliphatic carboxylic acids is 1. The van der Waals surface area contributed by atoms with Gasteiger partial charge in [0.05, 0.1) is 12.0 Å². The average molecular weight is 162 g/mol. The molecular weight excluding hydrogens is 148 g/mol. The quantitative estimate of drug-likeness (QED) is 0.530. The molecule has 2 unspecified atom stereocenters. The van der Waals surface area contributed by atoms with Crippen LogP contribution >= 0.6 is 0 Å². The third-order valence-corrected chi connectivity index (χ3v) is 2.18. The Morgan fingerprint density at radius 3 is 2.09 bits per heavy atom. The molecule has 0 radical (unpaired) electrons. The summed E-state index contributed by atoms with van der Waals surface area (Å²) in [5.74, 6) is -1.52. The van der Waals surface area contributed by atoms with Crippen molar-refractivity contribution in [1.29, 1.82) is 0 Å². The summed E-state index contributed by atoms with van der Waals surface area (Å²) in [6.45, 7) is 2.31. The van der Waals surface area contributed by atoms with Crippen molar-refractivity contribution in [3.63, 3.8) is 0 Å². The molecule has 0 saturated carbocycles. The minimum atomic E-state index is -1.23. The first-order valence-corrected chi connectivity index (χ1v) is 3.44. The van der Waals surface area contributed by atoms with Crippen LogP contribution in [0.3, 0.4) is 0 Å². The van der Waals surface area contributed by atoms with Gasteiger partial charge in [0.25, 0.3) is 0 Å². The highest BCUT2D eigenvalue weighted by molar-refractivity contribution is 5.74. The highest BCUT2D eigenvalue weighted by Crippen LogP contribution is 2.26. The SMILES string of the molecule is CC(CO)C(C)(CO)C(=O)O. The van der Waals surface area contributed by atoms with Crippen LogP contribution in [0.5, 0.6) is 0 Å². The zero-order chi connectivity index (χ0) is 9.07. The number of hydrogen-bond donors (Lipinski definition) is 3. The van der Waals surface area contributed by atoms with E-state index in [1.165, 1.54) is 6.92 Å². The lowest BCUT2D eigenvalue weighted by Gasteiger charge is -2.27. The molecule has 0 aliphatic rings. The monoisotopic (exact) mass is 162 g/mol. The minimum absolute atomic E-state index is 0.233. The molecule has 0 bridgehead atoms. The van der Waals surface area contributed by atoms with Crippen molar-refractivity contribution < 1.29 is 20.1 Å². The topological polar surface area (TPSA) is 77.8 Å². The van der Waals surface area contributed by atoms with Crippen LogP contribution in [0.1, 0.15) is 13.8 Å². The third kappa shape index (κ3) is 1.91. The first-order valence-electron chi connectivity index (χ1n) is 3.44. The van der Waals surface area contributed by atoms with Gasteiger partial charge in [0.2, 0.25) is 0 Å². The van der Waals surface area contributed by atoms with E-state index < -0.39 is 23.9 Å². The molecule has 11 heavy (non-hydrogen) atoms. The lowest BCUT2D eigenvalue weighted by atomic mass is 9.79. The van der Waals surface area contributed by atoms with E-state index in [-0.39, 0.29) is 6.61 Å². The van der Waals surface area contributed by atoms with Crippen LogP contribution in [-0.4, -0.2) is 34.5 Å². The number of rotatable bonds is 4. The van der Waals surface area contributed by atoms with Crippen LogP contribution in [0, 0.1) is 11.3 Å². The van der Waals surface area contributed by atoms with E-state index in [4.69, 9.17) is 15.3 Å². The minimum Gasteiger partial charge on any atom is -0.481 e. The highest BCUT2D eigenvalue weighted by Gasteiger charge is 2.37. The van der Waals surface area contributed by atoms with Gasteiger partial charge in [-0.3, -0.25) is 4.79 Å². The largest absolute Gasteiger partial charge is 0.481 e. The van der Waals surface area contributed by atoms with Gasteiger partial charge in [-0.15, -0.1) is 0 Å². The predicted octanol–water partition coefficient (Wildman–Crippen LogP) is -0.302. The molecule has 0 fully saturated rings. The van der Waals surface area contributed by atoms with Gasteiger partial charge >= 0.3 is 5.97 Å². The molecule has 2 atom stereocenters. The average Bonchev–Trinajstić information content (AvgIpc) is 2.01. The molecule has 0 aliphatic carbocycles. The van der Waals surface area contributed by atoms with Gasteiger partial charge in [0, 0.05) is 6.61 Å². The Bertz CT molecular complexity index is 145. The fraction of sp³-hybridized carbons (Fsp3) is 0.857. The first kappa shape index (κ1) is 10.4. The Hall–Kier alpha value is -0.610. The summed E-state index contributed by atoms with van der Waals surface area (Å²) in [7, 11) is 0. The van der Waals surface area contributed by atoms with E-state index in [9.17, 15) is 4.79 Å². The Labute approximate surface area is 65.5 Å². The number of carboxylic acid groups (broad SMARTS) is 1. The zero-order valence-corrected chi connectivity index (χ0v) is 6.74. The van der Waals surface area contributed by atoms with E-state index >= 15 is 0 Å². The molecule has 66 valence electrons. The molecule has 4 heteroatoms. The molecule has 0 aromatic carbocycles. The number of carbonyl (C=O) groups is 1. The van der Waals surface area contributed by atoms with Gasteiger partial charge in [-0.25, -0.2) is 0 Å². The molecule has 0 aromatic rings. The fourth-order valence-corrected chi connectivity index (χ4v) is 0.636. The van der Waals surface area contributed by atoms with E-state index in [0.717, 1.165) is 0 Å². The van der Waals surface area contributed by atoms with E-state index in [1.807, 2.05) is 0 Å². The summed E-state index contributed by atoms with van der Waals surface area (Å²) in [5.41, 5.74) is -1.23. The normalized spacial score (nSPS) is 18.9. The molecule has 0 aliphatic heterocycles. The molecule has 4 nitrogen and oxygen atoms in total. The lowest BCUT2D eigenvalue weighted by molar-refractivity contribution is -0.155. The van der Waals surface area contributed by atoms with Gasteiger partial charge in [0.1, 0.15) is 0 Å². The summed E-state index contributed by atoms with van der Waals surface area (Å²) in [6, 6.07) is 0. The fourth-order valence-electron chi connectivity index (χ4n) is 0.636. The second-order valence-electron chi connectivity index (χ2n) is 2.96. The van der Waals surface area contributed by atoms with Crippen LogP contribution in [0.25, 0.3) is 0 Å². The van der Waals surface area contributed by atoms with Crippen LogP contribution < -0.4 is 0 Å². The van der Waals surface area contributed by atoms with Crippen molar-refractivity contribution in [3.8, 4) is 0 Å². The van der Waals surface area contributed by atoms with Gasteiger partial charge in [-0.05, 0) is 12.8 Å². The first-order chi connectivity index (χ1) is 4.99. The standard InChI is InChI=1S/C7H14O4/c1-5(3-8)7(2,4-9)6(10)11/h5,8-9H,3-4H2,1-2H3,(H,10,11). The highest BCUT2D eigenvalue weighted by atomic mass is 16.4. The van der Waals surface area contributed by atoms with E-state index in [0.29, 0.717) is 0 Å². The third-order valence-electron chi connectivity index (χ3n) is 2.18. The summed E-state index contributed by atoms with van der Waals surface area (Å²) in [5, 5.41) is 26.1. The molecule has 0 saturated heterocycles. The zero-order valence-electron chi connectivity index (χ0n) is 6.74. The summed E-state index contributed by atoms with van der Waals surface area (Å²) < 4.78 is 0. The second kappa shape index (κ2) is 3.69. The van der Waals surface area contributed by atoms with Gasteiger partial charge in [-0.2, -0.15) is 0 Å². The maximum absolute atomic E-state index is 10.6. The molecule has 0 spiro atoms. The predicted molar refractivity (Wildman–Crippen MR) is 39.1 cm³/mol. The molecule has 0 amide bonds. The van der Waals surface area contributed by atoms with Crippen LogP contribution in [0.4, 0.5) is 0 Å². The Morgan fingerprint density at radius 2 is 2.00 bits per heavy atom. The van der Waals surface area contributed by atoms with Crippen molar-refractivity contribution in [3.05, 3.63) is 0 Å². The van der Waals surface area contributed by atoms with Crippen molar-refractivity contribution in [2.24, 2.45) is 11.3 Å². The van der Waals surface area contributed by atoms with Crippen LogP contribution in [-0.2, 0) is 4.79 Å². The summed E-state index contributed by atoms with van der Waals surface area (Å²) in [4.78, 5) is 10.6. The Kier molecular flexibility index (Phi) is 3.48. The number of carboxylic acids is 1. The molecular formula is C7H14O4. The molecule has 0 rings (SSSR count). The number of aliphatic hydroxyl groups is 2. The number of aliphatic hydroxyl groups excluding tert-OH is 2. The Balaban J connectivity index is 4.45. The van der Waals surface area contributed by atoms with Gasteiger partial charge < -0.3 is 15.3 Å². The van der Waals surface area contributed by atoms with Crippen molar-refractivity contribution in [2.45, 2.75) is 13.8 Å². The Morgan fingerprint density at radius 1 is 1.55 bits per heavy atom. The van der Waals surface area contributed by atoms with Crippen molar-refractivity contribution in [2.75, 3.05) is 13.2 Å². The lowest BCUT2D eigenvalue weighted by Crippen LogP contribution is -2.39. The summed E-state index contributed by atoms with van der Waals surface area (Å²) in [6.07, 6.45) is 0. The summed E-state index contributed by atoms with van der Waals surface area (Å²) >= 11 is 0. The van der Waals surface area contributed by atoms with Gasteiger partial charge in [0.15, 0.2) is 0 Å². The smallest absolute Gasteiger partial charge is 0.312 e. The van der Waals surface area contributed by atoms with Crippen molar-refractivity contribution in [1.82, 2.24) is 0 Å². The van der Waals surface area contributed by atoms with Crippen LogP contribution in [0.15, 0.2) is 0 Å². The van der Waals surface area contributed by atoms with Gasteiger partial charge in [-0.1, -0.05) is 6.92 Å². The van der Waals surface area contributed by atoms with Crippen molar-refractivity contribution >= 4 is 5.97 Å². The van der Waals surface area contributed by atoms with E-state index in [2.05, 4.69) is 0 Å². The van der Waals surface area contributed by atoms with E-state index in [1.54, 1.807) is 6.92 Å². The maximum Gasteiger partial charge on any atom is 0.312 e. The molecule has 3 N–H and O–H groups in total.